The summed E-state index contributed by atoms with van der Waals surface area (Å²) in [4.78, 5) is 12.8. The van der Waals surface area contributed by atoms with Crippen molar-refractivity contribution < 1.29 is 9.90 Å². The lowest BCUT2D eigenvalue weighted by Crippen LogP contribution is -2.51. The molecule has 0 saturated heterocycles. The number of rotatable bonds is 9. The third kappa shape index (κ3) is 5.36. The molecule has 0 aromatic carbocycles. The summed E-state index contributed by atoms with van der Waals surface area (Å²) in [7, 11) is 0. The molecule has 168 valence electrons. The van der Waals surface area contributed by atoms with Gasteiger partial charge in [-0.1, -0.05) is 54.5 Å². The monoisotopic (exact) mass is 488 g/mol. The fourth-order valence-electron chi connectivity index (χ4n) is 7.43. The van der Waals surface area contributed by atoms with E-state index in [1.54, 1.807) is 0 Å². The van der Waals surface area contributed by atoms with Crippen LogP contribution in [0.3, 0.4) is 0 Å². The Balaban J connectivity index is 1.66. The van der Waals surface area contributed by atoms with Crippen molar-refractivity contribution in [2.45, 2.75) is 109 Å². The summed E-state index contributed by atoms with van der Waals surface area (Å²) in [6.07, 6.45) is 20.3. The molecular formula is C25H42BrClO2. The van der Waals surface area contributed by atoms with Gasteiger partial charge in [-0.25, -0.2) is 0 Å². The van der Waals surface area contributed by atoms with Crippen molar-refractivity contribution >= 4 is 33.5 Å². The molecular weight excluding hydrogens is 448 g/mol. The molecule has 0 atom stereocenters. The highest BCUT2D eigenvalue weighted by Crippen LogP contribution is 2.61. The zero-order chi connectivity index (χ0) is 20.7. The van der Waals surface area contributed by atoms with Gasteiger partial charge in [-0.3, -0.25) is 4.79 Å². The molecule has 0 spiro atoms. The van der Waals surface area contributed by atoms with Gasteiger partial charge in [0.05, 0.1) is 5.41 Å². The van der Waals surface area contributed by atoms with Gasteiger partial charge < -0.3 is 5.11 Å². The topological polar surface area (TPSA) is 37.3 Å². The number of halogens is 2. The number of hydrogen-bond acceptors (Lipinski definition) is 1. The molecule has 3 fully saturated rings. The van der Waals surface area contributed by atoms with Crippen molar-refractivity contribution in [2.24, 2.45) is 28.6 Å². The minimum atomic E-state index is -0.470. The predicted molar refractivity (Wildman–Crippen MR) is 126 cm³/mol. The van der Waals surface area contributed by atoms with Gasteiger partial charge in [0.2, 0.25) is 0 Å². The lowest BCUT2D eigenvalue weighted by atomic mass is 9.49. The second-order valence-corrected chi connectivity index (χ2v) is 11.6. The lowest BCUT2D eigenvalue weighted by molar-refractivity contribution is -0.169. The van der Waals surface area contributed by atoms with Crippen LogP contribution in [0.2, 0.25) is 0 Å². The van der Waals surface area contributed by atoms with Crippen LogP contribution in [0.1, 0.15) is 109 Å². The lowest BCUT2D eigenvalue weighted by Gasteiger charge is -2.54. The SMILES string of the molecule is O=C(O)C1(C2(CCCCBr)CCCCC2)CCC(C2CCC(CCCl)CC2)CC1. The minimum Gasteiger partial charge on any atom is -0.481 e. The molecule has 1 N–H and O–H groups in total. The van der Waals surface area contributed by atoms with Crippen molar-refractivity contribution in [3.05, 3.63) is 0 Å². The highest BCUT2D eigenvalue weighted by Gasteiger charge is 2.57. The Morgan fingerprint density at radius 2 is 1.52 bits per heavy atom. The van der Waals surface area contributed by atoms with Crippen molar-refractivity contribution in [1.29, 1.82) is 0 Å². The molecule has 0 unspecified atom stereocenters. The van der Waals surface area contributed by atoms with Crippen LogP contribution in [-0.2, 0) is 4.79 Å². The Kier molecular flexibility index (Phi) is 9.23. The smallest absolute Gasteiger partial charge is 0.310 e. The minimum absolute atomic E-state index is 0.0578. The number of aliphatic carboxylic acids is 1. The molecule has 0 aliphatic heterocycles. The molecule has 0 amide bonds. The average Bonchev–Trinajstić information content (AvgIpc) is 2.75. The molecule has 0 bridgehead atoms. The highest BCUT2D eigenvalue weighted by atomic mass is 79.9. The van der Waals surface area contributed by atoms with Gasteiger partial charge in [0, 0.05) is 11.2 Å². The number of carbonyl (C=O) groups is 1. The van der Waals surface area contributed by atoms with Crippen LogP contribution in [0.15, 0.2) is 0 Å². The highest BCUT2D eigenvalue weighted by molar-refractivity contribution is 9.09. The first-order valence-electron chi connectivity index (χ1n) is 12.4. The number of unbranched alkanes of at least 4 members (excludes halogenated alkanes) is 1. The molecule has 0 aromatic rings. The van der Waals surface area contributed by atoms with Gasteiger partial charge in [-0.05, 0) is 93.8 Å². The van der Waals surface area contributed by atoms with E-state index < -0.39 is 11.4 Å². The average molecular weight is 490 g/mol. The van der Waals surface area contributed by atoms with Crippen LogP contribution in [0.25, 0.3) is 0 Å². The molecule has 0 heterocycles. The van der Waals surface area contributed by atoms with Crippen LogP contribution in [-0.4, -0.2) is 22.3 Å². The molecule has 4 heteroatoms. The Morgan fingerprint density at radius 3 is 2.07 bits per heavy atom. The molecule has 3 aliphatic rings. The molecule has 3 rings (SSSR count). The maximum Gasteiger partial charge on any atom is 0.310 e. The van der Waals surface area contributed by atoms with Crippen molar-refractivity contribution in [3.8, 4) is 0 Å². The number of carboxylic acid groups (broad SMARTS) is 1. The second kappa shape index (κ2) is 11.2. The van der Waals surface area contributed by atoms with E-state index in [1.165, 1.54) is 64.2 Å². The van der Waals surface area contributed by atoms with Crippen LogP contribution in [0.5, 0.6) is 0 Å². The van der Waals surface area contributed by atoms with Gasteiger partial charge in [0.15, 0.2) is 0 Å². The molecule has 0 aromatic heterocycles. The van der Waals surface area contributed by atoms with E-state index in [4.69, 9.17) is 11.6 Å². The Hall–Kier alpha value is 0.240. The molecule has 3 aliphatic carbocycles. The normalized spacial score (nSPS) is 35.3. The van der Waals surface area contributed by atoms with E-state index in [2.05, 4.69) is 15.9 Å². The quantitative estimate of drug-likeness (QED) is 0.262. The maximum atomic E-state index is 12.8. The number of carboxylic acids is 1. The summed E-state index contributed by atoms with van der Waals surface area (Å²) < 4.78 is 0. The fourth-order valence-corrected chi connectivity index (χ4v) is 8.14. The predicted octanol–water partition coefficient (Wildman–Crippen LogP) is 8.20. The summed E-state index contributed by atoms with van der Waals surface area (Å²) in [5.74, 6) is 2.77. The van der Waals surface area contributed by atoms with Crippen LogP contribution < -0.4 is 0 Å². The van der Waals surface area contributed by atoms with E-state index in [0.717, 1.165) is 73.9 Å². The van der Waals surface area contributed by atoms with E-state index in [0.29, 0.717) is 0 Å². The summed E-state index contributed by atoms with van der Waals surface area (Å²) in [5.41, 5.74) is -0.395. The third-order valence-electron chi connectivity index (χ3n) is 9.23. The fraction of sp³-hybridized carbons (Fsp3) is 0.960. The maximum absolute atomic E-state index is 12.8. The number of hydrogen-bond donors (Lipinski definition) is 1. The Labute approximate surface area is 192 Å². The largest absolute Gasteiger partial charge is 0.481 e. The Bertz CT molecular complexity index is 501. The van der Waals surface area contributed by atoms with Crippen LogP contribution >= 0.6 is 27.5 Å². The van der Waals surface area contributed by atoms with Gasteiger partial charge in [-0.15, -0.1) is 11.6 Å². The standard InChI is InChI=1S/C25H42BrClO2/c26-18-5-4-15-24(13-2-1-3-14-24)25(23(28)29)16-10-22(11-17-25)21-8-6-20(7-9-21)12-19-27/h20-22H,1-19H2,(H,28,29). The van der Waals surface area contributed by atoms with Crippen molar-refractivity contribution in [3.63, 3.8) is 0 Å². The molecule has 2 nitrogen and oxygen atoms in total. The van der Waals surface area contributed by atoms with Gasteiger partial charge in [0.25, 0.3) is 0 Å². The third-order valence-corrected chi connectivity index (χ3v) is 10.0. The second-order valence-electron chi connectivity index (χ2n) is 10.5. The molecule has 29 heavy (non-hydrogen) atoms. The van der Waals surface area contributed by atoms with Gasteiger partial charge in [-0.2, -0.15) is 0 Å². The Morgan fingerprint density at radius 1 is 0.897 bits per heavy atom. The summed E-state index contributed by atoms with van der Waals surface area (Å²) in [6, 6.07) is 0. The first-order chi connectivity index (χ1) is 14.1. The van der Waals surface area contributed by atoms with E-state index >= 15 is 0 Å². The molecule has 0 radical (unpaired) electrons. The number of alkyl halides is 2. The summed E-state index contributed by atoms with van der Waals surface area (Å²) in [6.45, 7) is 0. The first-order valence-corrected chi connectivity index (χ1v) is 14.1. The van der Waals surface area contributed by atoms with Gasteiger partial charge >= 0.3 is 5.97 Å². The van der Waals surface area contributed by atoms with E-state index in [9.17, 15) is 9.90 Å². The zero-order valence-corrected chi connectivity index (χ0v) is 20.6. The van der Waals surface area contributed by atoms with E-state index in [-0.39, 0.29) is 5.41 Å². The zero-order valence-electron chi connectivity index (χ0n) is 18.3. The summed E-state index contributed by atoms with van der Waals surface area (Å²) >= 11 is 9.53. The first kappa shape index (κ1) is 23.9. The summed E-state index contributed by atoms with van der Waals surface area (Å²) in [5, 5.41) is 11.6. The van der Waals surface area contributed by atoms with Gasteiger partial charge in [0.1, 0.15) is 0 Å². The van der Waals surface area contributed by atoms with E-state index in [1.807, 2.05) is 0 Å². The van der Waals surface area contributed by atoms with Crippen LogP contribution in [0, 0.1) is 28.6 Å². The van der Waals surface area contributed by atoms with Crippen LogP contribution in [0.4, 0.5) is 0 Å². The van der Waals surface area contributed by atoms with Crippen molar-refractivity contribution in [1.82, 2.24) is 0 Å². The van der Waals surface area contributed by atoms with Crippen molar-refractivity contribution in [2.75, 3.05) is 11.2 Å². The molecule has 3 saturated carbocycles.